The molecule has 0 aliphatic rings. The Morgan fingerprint density at radius 1 is 1.07 bits per heavy atom. The van der Waals surface area contributed by atoms with Gasteiger partial charge in [0.1, 0.15) is 5.75 Å². The Labute approximate surface area is 168 Å². The highest BCUT2D eigenvalue weighted by Crippen LogP contribution is 2.31. The number of esters is 1. The molecule has 3 aromatic carbocycles. The molecule has 0 radical (unpaired) electrons. The van der Waals surface area contributed by atoms with Crippen molar-refractivity contribution in [2.45, 2.75) is 6.42 Å². The molecule has 0 unspecified atom stereocenters. The predicted octanol–water partition coefficient (Wildman–Crippen LogP) is 5.81. The van der Waals surface area contributed by atoms with Crippen LogP contribution in [0.25, 0.3) is 10.8 Å². The Morgan fingerprint density at radius 2 is 1.85 bits per heavy atom. The number of hydrogen-bond acceptors (Lipinski definition) is 4. The van der Waals surface area contributed by atoms with Gasteiger partial charge in [-0.3, -0.25) is 0 Å². The number of hydrogen-bond donors (Lipinski definition) is 1. The number of methoxy groups -OCH3 is 1. The van der Waals surface area contributed by atoms with Crippen LogP contribution in [-0.4, -0.2) is 26.2 Å². The van der Waals surface area contributed by atoms with Gasteiger partial charge in [0, 0.05) is 17.0 Å². The molecule has 0 heterocycles. The van der Waals surface area contributed by atoms with Crippen molar-refractivity contribution in [3.63, 3.8) is 0 Å². The van der Waals surface area contributed by atoms with Crippen LogP contribution in [0.2, 0.25) is 10.0 Å². The summed E-state index contributed by atoms with van der Waals surface area (Å²) < 4.78 is 10.7. The Morgan fingerprint density at radius 3 is 2.67 bits per heavy atom. The molecule has 3 rings (SSSR count). The third-order valence-corrected chi connectivity index (χ3v) is 4.61. The van der Waals surface area contributed by atoms with Crippen molar-refractivity contribution in [1.29, 1.82) is 0 Å². The number of anilines is 1. The van der Waals surface area contributed by atoms with Gasteiger partial charge in [-0.15, -0.1) is 0 Å². The van der Waals surface area contributed by atoms with Crippen molar-refractivity contribution in [3.8, 4) is 5.75 Å². The molecular weight excluding hydrogens is 385 g/mol. The summed E-state index contributed by atoms with van der Waals surface area (Å²) in [5.74, 6) is 0.363. The van der Waals surface area contributed by atoms with Gasteiger partial charge in [0.05, 0.1) is 30.0 Å². The molecule has 0 bridgehead atoms. The largest absolute Gasteiger partial charge is 0.493 e. The van der Waals surface area contributed by atoms with Crippen molar-refractivity contribution in [2.75, 3.05) is 25.6 Å². The number of nitrogens with one attached hydrogen (secondary N) is 1. The molecule has 0 aromatic heterocycles. The fourth-order valence-electron chi connectivity index (χ4n) is 2.81. The summed E-state index contributed by atoms with van der Waals surface area (Å²) in [6.07, 6.45) is 0.725. The fourth-order valence-corrected chi connectivity index (χ4v) is 3.37. The van der Waals surface area contributed by atoms with E-state index in [1.807, 2.05) is 30.3 Å². The van der Waals surface area contributed by atoms with Gasteiger partial charge < -0.3 is 14.8 Å². The summed E-state index contributed by atoms with van der Waals surface area (Å²) in [6.45, 7) is 1.11. The maximum Gasteiger partial charge on any atom is 0.340 e. The highest BCUT2D eigenvalue weighted by atomic mass is 35.5. The minimum Gasteiger partial charge on any atom is -0.493 e. The molecule has 0 saturated carbocycles. The quantitative estimate of drug-likeness (QED) is 0.399. The normalized spacial score (nSPS) is 10.6. The number of carbonyl (C=O) groups excluding carboxylic acids is 1. The summed E-state index contributed by atoms with van der Waals surface area (Å²) in [5.41, 5.74) is 0.822. The maximum absolute atomic E-state index is 11.9. The van der Waals surface area contributed by atoms with Gasteiger partial charge >= 0.3 is 5.97 Å². The van der Waals surface area contributed by atoms with Crippen LogP contribution in [0.15, 0.2) is 54.6 Å². The van der Waals surface area contributed by atoms with E-state index in [4.69, 9.17) is 32.7 Å². The molecule has 0 spiro atoms. The van der Waals surface area contributed by atoms with Gasteiger partial charge in [-0.25, -0.2) is 4.79 Å². The average Bonchev–Trinajstić information content (AvgIpc) is 2.68. The topological polar surface area (TPSA) is 47.6 Å². The van der Waals surface area contributed by atoms with Crippen LogP contribution < -0.4 is 10.1 Å². The Hall–Kier alpha value is -2.43. The average molecular weight is 404 g/mol. The van der Waals surface area contributed by atoms with Crippen molar-refractivity contribution in [3.05, 3.63) is 70.2 Å². The zero-order valence-electron chi connectivity index (χ0n) is 14.8. The molecule has 0 aliphatic heterocycles. The van der Waals surface area contributed by atoms with E-state index in [1.165, 1.54) is 13.2 Å². The summed E-state index contributed by atoms with van der Waals surface area (Å²) in [6, 6.07) is 17.2. The third kappa shape index (κ3) is 4.65. The number of halogens is 2. The molecule has 0 atom stereocenters. The van der Waals surface area contributed by atoms with E-state index >= 15 is 0 Å². The van der Waals surface area contributed by atoms with Gasteiger partial charge in [-0.1, -0.05) is 59.6 Å². The second-order valence-corrected chi connectivity index (χ2v) is 6.75. The molecule has 0 saturated heterocycles. The van der Waals surface area contributed by atoms with Crippen LogP contribution in [0.3, 0.4) is 0 Å². The predicted molar refractivity (Wildman–Crippen MR) is 110 cm³/mol. The van der Waals surface area contributed by atoms with Crippen LogP contribution in [0.4, 0.5) is 5.69 Å². The first-order valence-electron chi connectivity index (χ1n) is 8.52. The molecule has 3 aromatic rings. The first-order valence-corrected chi connectivity index (χ1v) is 9.27. The lowest BCUT2D eigenvalue weighted by molar-refractivity contribution is 0.0602. The van der Waals surface area contributed by atoms with Crippen LogP contribution in [0.1, 0.15) is 16.8 Å². The van der Waals surface area contributed by atoms with Crippen molar-refractivity contribution >= 4 is 45.6 Å². The van der Waals surface area contributed by atoms with E-state index in [1.54, 1.807) is 6.07 Å². The van der Waals surface area contributed by atoms with E-state index in [9.17, 15) is 4.79 Å². The lowest BCUT2D eigenvalue weighted by Crippen LogP contribution is -2.12. The molecule has 6 heteroatoms. The summed E-state index contributed by atoms with van der Waals surface area (Å²) in [4.78, 5) is 11.9. The Bertz CT molecular complexity index is 954. The molecule has 0 amide bonds. The fraction of sp³-hybridized carbons (Fsp3) is 0.190. The van der Waals surface area contributed by atoms with Crippen LogP contribution in [0, 0.1) is 0 Å². The van der Waals surface area contributed by atoms with Crippen LogP contribution in [0.5, 0.6) is 5.75 Å². The summed E-state index contributed by atoms with van der Waals surface area (Å²) in [7, 11) is 1.32. The number of carbonyl (C=O) groups is 1. The minimum absolute atomic E-state index is 0.310. The smallest absolute Gasteiger partial charge is 0.340 e. The van der Waals surface area contributed by atoms with Crippen LogP contribution in [-0.2, 0) is 4.74 Å². The maximum atomic E-state index is 11.9. The monoisotopic (exact) mass is 403 g/mol. The minimum atomic E-state index is -0.492. The zero-order chi connectivity index (χ0) is 19.2. The van der Waals surface area contributed by atoms with E-state index in [-0.39, 0.29) is 0 Å². The molecule has 4 nitrogen and oxygen atoms in total. The van der Waals surface area contributed by atoms with Crippen molar-refractivity contribution in [1.82, 2.24) is 0 Å². The number of rotatable bonds is 7. The highest BCUT2D eigenvalue weighted by Gasteiger charge is 2.16. The van der Waals surface area contributed by atoms with E-state index in [0.29, 0.717) is 34.4 Å². The zero-order valence-corrected chi connectivity index (χ0v) is 16.3. The van der Waals surface area contributed by atoms with E-state index < -0.39 is 5.97 Å². The SMILES string of the molecule is COC(=O)c1cc(Cl)cc(Cl)c1NCCCOc1cccc2ccccc12. The Balaban J connectivity index is 1.60. The van der Waals surface area contributed by atoms with Crippen molar-refractivity contribution < 1.29 is 14.3 Å². The van der Waals surface area contributed by atoms with Gasteiger partial charge in [-0.05, 0) is 30.0 Å². The standard InChI is InChI=1S/C21H19Cl2NO3/c1-26-21(25)17-12-15(22)13-18(23)20(17)24-10-5-11-27-19-9-4-7-14-6-2-3-8-16(14)19/h2-4,6-9,12-13,24H,5,10-11H2,1H3. The number of fused-ring (bicyclic) bond motifs is 1. The molecular formula is C21H19Cl2NO3. The number of benzene rings is 3. The van der Waals surface area contributed by atoms with E-state index in [2.05, 4.69) is 17.4 Å². The number of ether oxygens (including phenoxy) is 2. The highest BCUT2D eigenvalue weighted by molar-refractivity contribution is 6.37. The second kappa shape index (κ2) is 8.98. The molecule has 0 fully saturated rings. The summed E-state index contributed by atoms with van der Waals surface area (Å²) >= 11 is 12.2. The molecule has 1 N–H and O–H groups in total. The van der Waals surface area contributed by atoms with Crippen molar-refractivity contribution in [2.24, 2.45) is 0 Å². The van der Waals surface area contributed by atoms with Gasteiger partial charge in [-0.2, -0.15) is 0 Å². The first-order chi connectivity index (χ1) is 13.1. The lowest BCUT2D eigenvalue weighted by Gasteiger charge is -2.14. The van der Waals surface area contributed by atoms with Gasteiger partial charge in [0.15, 0.2) is 0 Å². The molecule has 140 valence electrons. The third-order valence-electron chi connectivity index (χ3n) is 4.09. The van der Waals surface area contributed by atoms with Crippen LogP contribution >= 0.6 is 23.2 Å². The lowest BCUT2D eigenvalue weighted by atomic mass is 10.1. The van der Waals surface area contributed by atoms with Gasteiger partial charge in [0.2, 0.25) is 0 Å². The molecule has 27 heavy (non-hydrogen) atoms. The molecule has 0 aliphatic carbocycles. The van der Waals surface area contributed by atoms with Gasteiger partial charge in [0.25, 0.3) is 0 Å². The summed E-state index contributed by atoms with van der Waals surface area (Å²) in [5, 5.41) is 6.16. The van der Waals surface area contributed by atoms with E-state index in [0.717, 1.165) is 22.9 Å². The Kier molecular flexibility index (Phi) is 6.43. The second-order valence-electron chi connectivity index (χ2n) is 5.91. The first kappa shape index (κ1) is 19.3.